The van der Waals surface area contributed by atoms with Crippen LogP contribution in [0.2, 0.25) is 0 Å². The minimum atomic E-state index is -4.79. The van der Waals surface area contributed by atoms with Crippen LogP contribution in [0.4, 0.5) is 17.6 Å². The molecule has 292 valence electrons. The molecule has 0 unspecified atom stereocenters. The molecule has 0 saturated carbocycles. The summed E-state index contributed by atoms with van der Waals surface area (Å²) in [5, 5.41) is 2.75. The molecule has 1 N–H and O–H groups in total. The second-order valence-corrected chi connectivity index (χ2v) is 13.8. The number of carbonyl (C=O) groups excluding carboxylic acids is 2. The molecular weight excluding hydrogens is 702 g/mol. The highest BCUT2D eigenvalue weighted by atomic mass is 19.4. The Morgan fingerprint density at radius 2 is 1.74 bits per heavy atom. The van der Waals surface area contributed by atoms with Gasteiger partial charge < -0.3 is 24.3 Å². The zero-order valence-corrected chi connectivity index (χ0v) is 31.6. The lowest BCUT2D eigenvalue weighted by molar-refractivity contribution is -0.144. The number of aromatic nitrogens is 1. The van der Waals surface area contributed by atoms with E-state index < -0.39 is 53.5 Å². The Hall–Kier alpha value is -4.71. The minimum absolute atomic E-state index is 0.00703. The van der Waals surface area contributed by atoms with Crippen LogP contribution < -0.4 is 15.6 Å². The van der Waals surface area contributed by atoms with Crippen molar-refractivity contribution in [3.63, 3.8) is 0 Å². The number of nitrogens with zero attached hydrogens (tertiary/aromatic N) is 2. The number of hydrogen-bond donors (Lipinski definition) is 1. The van der Waals surface area contributed by atoms with Gasteiger partial charge in [0.1, 0.15) is 17.6 Å². The first-order valence-corrected chi connectivity index (χ1v) is 18.4. The number of hydrogen-bond acceptors (Lipinski definition) is 6. The standard InChI is InChI=1S/C42H51F4N3O5/c1-7-10-13-19-54-36-21-27(4)20-28(5)39(36)31-22-29(6)40(43)32(23-31)34(25-38(51)53-9-3)47-41(52)35(14-8-2)49-26-30(15-18-48-16-11-12-17-48)33(24-37(49)50)42(44,45)46/h7-8,20-24,26,34-35H,1-2,9-19,25H2,3-6H3,(H,47,52)/t34-,35-/m0/s1. The number of unbranched alkanes of at least 4 members (excludes halogenated alkanes) is 1. The van der Waals surface area contributed by atoms with E-state index in [2.05, 4.69) is 23.4 Å². The number of allylic oxidation sites excluding steroid dienone is 2. The number of aryl methyl sites for hydroxylation is 3. The summed E-state index contributed by atoms with van der Waals surface area (Å²) in [5.41, 5.74) is 1.17. The maximum Gasteiger partial charge on any atom is 0.416 e. The largest absolute Gasteiger partial charge is 0.493 e. The van der Waals surface area contributed by atoms with Gasteiger partial charge in [-0.3, -0.25) is 14.4 Å². The van der Waals surface area contributed by atoms with Crippen LogP contribution in [0.25, 0.3) is 11.1 Å². The van der Waals surface area contributed by atoms with Crippen molar-refractivity contribution < 1.29 is 36.6 Å². The molecule has 1 aliphatic rings. The van der Waals surface area contributed by atoms with Crippen molar-refractivity contribution in [2.24, 2.45) is 0 Å². The van der Waals surface area contributed by atoms with Gasteiger partial charge in [0.2, 0.25) is 5.91 Å². The summed E-state index contributed by atoms with van der Waals surface area (Å²) in [4.78, 5) is 42.5. The second kappa shape index (κ2) is 19.1. The first-order valence-electron chi connectivity index (χ1n) is 18.4. The third-order valence-corrected chi connectivity index (χ3v) is 9.59. The summed E-state index contributed by atoms with van der Waals surface area (Å²) < 4.78 is 71.0. The molecule has 1 amide bonds. The molecule has 4 rings (SSSR count). The third kappa shape index (κ3) is 10.7. The Balaban J connectivity index is 1.78. The van der Waals surface area contributed by atoms with Crippen LogP contribution in [0.15, 0.2) is 66.6 Å². The van der Waals surface area contributed by atoms with Crippen LogP contribution in [-0.4, -0.2) is 54.2 Å². The molecule has 1 fully saturated rings. The first kappa shape index (κ1) is 42.0. The Labute approximate surface area is 314 Å². The number of amides is 1. The maximum atomic E-state index is 16.2. The predicted octanol–water partition coefficient (Wildman–Crippen LogP) is 8.51. The molecule has 0 spiro atoms. The summed E-state index contributed by atoms with van der Waals surface area (Å²) in [6.45, 7) is 16.9. The number of pyridine rings is 1. The fourth-order valence-electron chi connectivity index (χ4n) is 7.00. The number of halogens is 4. The van der Waals surface area contributed by atoms with Crippen molar-refractivity contribution in [1.82, 2.24) is 14.8 Å². The Kier molecular flexibility index (Phi) is 14.8. The SMILES string of the molecule is C=CCCCOc1cc(C)cc(C)c1-c1cc(C)c(F)c([C@H](CC(=O)OCC)NC(=O)[C@H](CC=C)n2cc(CCN3CCCC3)c(C(F)(F)F)cc2=O)c1. The molecule has 54 heavy (non-hydrogen) atoms. The number of esters is 1. The summed E-state index contributed by atoms with van der Waals surface area (Å²) in [7, 11) is 0. The van der Waals surface area contributed by atoms with Gasteiger partial charge >= 0.3 is 12.1 Å². The fourth-order valence-corrected chi connectivity index (χ4v) is 7.00. The van der Waals surface area contributed by atoms with Gasteiger partial charge in [0.25, 0.3) is 5.56 Å². The summed E-state index contributed by atoms with van der Waals surface area (Å²) in [5.74, 6) is -1.59. The summed E-state index contributed by atoms with van der Waals surface area (Å²) in [6, 6.07) is 5.00. The van der Waals surface area contributed by atoms with Crippen LogP contribution in [0.5, 0.6) is 5.75 Å². The van der Waals surface area contributed by atoms with Gasteiger partial charge in [-0.1, -0.05) is 18.2 Å². The Bertz CT molecular complexity index is 1880. The number of rotatable bonds is 18. The quantitative estimate of drug-likeness (QED) is 0.0607. The van der Waals surface area contributed by atoms with Crippen molar-refractivity contribution in [2.45, 2.75) is 90.9 Å². The summed E-state index contributed by atoms with van der Waals surface area (Å²) >= 11 is 0. The van der Waals surface area contributed by atoms with Crippen LogP contribution in [-0.2, 0) is 26.9 Å². The van der Waals surface area contributed by atoms with Gasteiger partial charge in [-0.25, -0.2) is 4.39 Å². The van der Waals surface area contributed by atoms with E-state index in [-0.39, 0.29) is 36.1 Å². The third-order valence-electron chi connectivity index (χ3n) is 9.59. The lowest BCUT2D eigenvalue weighted by Crippen LogP contribution is -2.40. The number of ether oxygens (including phenoxy) is 2. The molecule has 3 aromatic rings. The topological polar surface area (TPSA) is 89.9 Å². The van der Waals surface area contributed by atoms with Gasteiger partial charge in [-0.15, -0.1) is 13.2 Å². The van der Waals surface area contributed by atoms with Crippen LogP contribution in [0.3, 0.4) is 0 Å². The average molecular weight is 754 g/mol. The highest BCUT2D eigenvalue weighted by Gasteiger charge is 2.36. The van der Waals surface area contributed by atoms with E-state index in [1.165, 1.54) is 6.08 Å². The van der Waals surface area contributed by atoms with Gasteiger partial charge in [0, 0.05) is 29.9 Å². The normalized spacial score (nSPS) is 14.4. The van der Waals surface area contributed by atoms with Crippen molar-refractivity contribution >= 4 is 11.9 Å². The van der Waals surface area contributed by atoms with Crippen molar-refractivity contribution in [2.75, 3.05) is 32.8 Å². The second-order valence-electron chi connectivity index (χ2n) is 13.8. The number of carbonyl (C=O) groups is 2. The number of benzene rings is 2. The molecule has 1 aromatic heterocycles. The molecule has 2 heterocycles. The highest BCUT2D eigenvalue weighted by molar-refractivity contribution is 5.82. The predicted molar refractivity (Wildman–Crippen MR) is 202 cm³/mol. The van der Waals surface area contributed by atoms with E-state index in [1.807, 2.05) is 26.0 Å². The van der Waals surface area contributed by atoms with E-state index in [9.17, 15) is 27.6 Å². The smallest absolute Gasteiger partial charge is 0.416 e. The van der Waals surface area contributed by atoms with Crippen LogP contribution in [0, 0.1) is 26.6 Å². The van der Waals surface area contributed by atoms with Gasteiger partial charge in [0.15, 0.2) is 0 Å². The van der Waals surface area contributed by atoms with Gasteiger partial charge in [-0.05, 0) is 125 Å². The molecule has 12 heteroatoms. The molecule has 1 saturated heterocycles. The molecule has 0 radical (unpaired) electrons. The number of nitrogens with one attached hydrogen (secondary N) is 1. The van der Waals surface area contributed by atoms with Crippen LogP contribution >= 0.6 is 0 Å². The highest BCUT2D eigenvalue weighted by Crippen LogP contribution is 2.38. The molecule has 1 aliphatic heterocycles. The van der Waals surface area contributed by atoms with E-state index in [0.717, 1.165) is 60.7 Å². The zero-order valence-electron chi connectivity index (χ0n) is 31.6. The van der Waals surface area contributed by atoms with E-state index in [1.54, 1.807) is 32.1 Å². The lowest BCUT2D eigenvalue weighted by atomic mass is 9.91. The average Bonchev–Trinajstić information content (AvgIpc) is 3.63. The fraction of sp³-hybridized carbons (Fsp3) is 0.452. The molecule has 8 nitrogen and oxygen atoms in total. The monoisotopic (exact) mass is 753 g/mol. The summed E-state index contributed by atoms with van der Waals surface area (Å²) in [6.07, 6.45) is 2.33. The minimum Gasteiger partial charge on any atom is -0.493 e. The number of alkyl halides is 3. The number of likely N-dealkylation sites (tertiary alicyclic amines) is 1. The first-order chi connectivity index (χ1) is 25.7. The molecular formula is C42H51F4N3O5. The molecule has 0 bridgehead atoms. The van der Waals surface area contributed by atoms with Crippen molar-refractivity contribution in [1.29, 1.82) is 0 Å². The van der Waals surface area contributed by atoms with Crippen LogP contribution in [0.1, 0.15) is 90.9 Å². The molecule has 2 aromatic carbocycles. The zero-order chi connectivity index (χ0) is 39.6. The molecule has 0 aliphatic carbocycles. The van der Waals surface area contributed by atoms with E-state index >= 15 is 4.39 Å². The Morgan fingerprint density at radius 3 is 2.39 bits per heavy atom. The van der Waals surface area contributed by atoms with Gasteiger partial charge in [0.05, 0.1) is 31.2 Å². The van der Waals surface area contributed by atoms with Crippen molar-refractivity contribution in [3.8, 4) is 16.9 Å². The molecule has 2 atom stereocenters. The van der Waals surface area contributed by atoms with E-state index in [0.29, 0.717) is 36.1 Å². The lowest BCUT2D eigenvalue weighted by Gasteiger charge is -2.26. The van der Waals surface area contributed by atoms with Crippen molar-refractivity contribution in [3.05, 3.63) is 111 Å². The Morgan fingerprint density at radius 1 is 1.02 bits per heavy atom. The van der Waals surface area contributed by atoms with E-state index in [4.69, 9.17) is 9.47 Å². The van der Waals surface area contributed by atoms with Gasteiger partial charge in [-0.2, -0.15) is 13.2 Å². The maximum absolute atomic E-state index is 16.2.